The highest BCUT2D eigenvalue weighted by atomic mass is 16.5. The van der Waals surface area contributed by atoms with E-state index in [1.807, 2.05) is 12.1 Å². The van der Waals surface area contributed by atoms with Crippen LogP contribution in [-0.2, 0) is 11.3 Å². The second-order valence-electron chi connectivity index (χ2n) is 4.73. The summed E-state index contributed by atoms with van der Waals surface area (Å²) in [6.45, 7) is 2.36. The van der Waals surface area contributed by atoms with Gasteiger partial charge in [-0.3, -0.25) is 0 Å². The molecule has 1 N–H and O–H groups in total. The molecule has 0 unspecified atom stereocenters. The van der Waals surface area contributed by atoms with Gasteiger partial charge in [-0.15, -0.1) is 0 Å². The van der Waals surface area contributed by atoms with Crippen molar-refractivity contribution in [2.45, 2.75) is 6.61 Å². The number of nitrogens with zero attached hydrogens (tertiary/aromatic N) is 1. The van der Waals surface area contributed by atoms with Crippen LogP contribution < -0.4 is 0 Å². The van der Waals surface area contributed by atoms with Crippen molar-refractivity contribution < 1.29 is 14.3 Å². The third-order valence-electron chi connectivity index (χ3n) is 2.11. The van der Waals surface area contributed by atoms with Gasteiger partial charge in [0, 0.05) is 0 Å². The Kier molecular flexibility index (Phi) is 4.12. The van der Waals surface area contributed by atoms with Crippen molar-refractivity contribution in [3.05, 3.63) is 29.8 Å². The maximum absolute atomic E-state index is 9.09. The maximum Gasteiger partial charge on any atom is 0.115 e. The number of ether oxygens (including phenoxy) is 1. The Hall–Kier alpha value is -1.06. The topological polar surface area (TPSA) is 29.5 Å². The largest absolute Gasteiger partial charge is 0.508 e. The van der Waals surface area contributed by atoms with Gasteiger partial charge in [0.15, 0.2) is 0 Å². The average Bonchev–Trinajstić information content (AvgIpc) is 2.14. The minimum Gasteiger partial charge on any atom is -0.508 e. The van der Waals surface area contributed by atoms with Crippen LogP contribution in [0.3, 0.4) is 0 Å². The maximum atomic E-state index is 9.09. The number of benzene rings is 1. The molecular formula is C12H20NO2+. The molecule has 0 spiro atoms. The SMILES string of the molecule is C[N+](C)(C)CCOCc1ccc(O)cc1. The number of phenolic OH excluding ortho intramolecular Hbond substituents is 1. The third kappa shape index (κ3) is 5.40. The molecule has 1 aromatic carbocycles. The van der Waals surface area contributed by atoms with Gasteiger partial charge in [0.1, 0.15) is 12.3 Å². The Balaban J connectivity index is 2.23. The van der Waals surface area contributed by atoms with Crippen LogP contribution in [0.5, 0.6) is 5.75 Å². The summed E-state index contributed by atoms with van der Waals surface area (Å²) in [5.41, 5.74) is 1.09. The molecule has 0 atom stereocenters. The normalized spacial score (nSPS) is 11.7. The van der Waals surface area contributed by atoms with Crippen LogP contribution in [0.25, 0.3) is 0 Å². The van der Waals surface area contributed by atoms with E-state index < -0.39 is 0 Å². The first kappa shape index (κ1) is 12.0. The van der Waals surface area contributed by atoms with Crippen molar-refractivity contribution >= 4 is 0 Å². The molecule has 0 bridgehead atoms. The zero-order valence-corrected chi connectivity index (χ0v) is 9.73. The Labute approximate surface area is 91.5 Å². The van der Waals surface area contributed by atoms with Gasteiger partial charge >= 0.3 is 0 Å². The Morgan fingerprint density at radius 1 is 1.13 bits per heavy atom. The van der Waals surface area contributed by atoms with Crippen LogP contribution in [0, 0.1) is 0 Å². The smallest absolute Gasteiger partial charge is 0.115 e. The first-order valence-electron chi connectivity index (χ1n) is 5.13. The van der Waals surface area contributed by atoms with Gasteiger partial charge in [-0.1, -0.05) is 12.1 Å². The Bertz CT molecular complexity index is 287. The lowest BCUT2D eigenvalue weighted by Gasteiger charge is -2.23. The van der Waals surface area contributed by atoms with E-state index in [1.165, 1.54) is 0 Å². The van der Waals surface area contributed by atoms with Crippen LogP contribution in [0.2, 0.25) is 0 Å². The predicted molar refractivity (Wildman–Crippen MR) is 60.7 cm³/mol. The van der Waals surface area contributed by atoms with Gasteiger partial charge in [0.05, 0.1) is 34.4 Å². The Morgan fingerprint density at radius 3 is 2.27 bits per heavy atom. The lowest BCUT2D eigenvalue weighted by Crippen LogP contribution is -2.37. The van der Waals surface area contributed by atoms with E-state index >= 15 is 0 Å². The quantitative estimate of drug-likeness (QED) is 0.591. The minimum atomic E-state index is 0.296. The average molecular weight is 210 g/mol. The van der Waals surface area contributed by atoms with Crippen LogP contribution in [0.4, 0.5) is 0 Å². The number of hydrogen-bond acceptors (Lipinski definition) is 2. The highest BCUT2D eigenvalue weighted by Gasteiger charge is 2.05. The molecule has 0 amide bonds. The molecule has 0 radical (unpaired) electrons. The number of rotatable bonds is 5. The van der Waals surface area contributed by atoms with Gasteiger partial charge in [-0.05, 0) is 17.7 Å². The molecule has 3 heteroatoms. The van der Waals surface area contributed by atoms with Crippen molar-refractivity contribution in [2.75, 3.05) is 34.3 Å². The zero-order chi connectivity index (χ0) is 11.3. The van der Waals surface area contributed by atoms with Gasteiger partial charge < -0.3 is 14.3 Å². The zero-order valence-electron chi connectivity index (χ0n) is 9.73. The van der Waals surface area contributed by atoms with Crippen molar-refractivity contribution in [1.29, 1.82) is 0 Å². The number of phenols is 1. The van der Waals surface area contributed by atoms with E-state index in [0.717, 1.165) is 23.2 Å². The van der Waals surface area contributed by atoms with Crippen molar-refractivity contribution in [1.82, 2.24) is 0 Å². The highest BCUT2D eigenvalue weighted by molar-refractivity contribution is 5.25. The molecule has 1 rings (SSSR count). The summed E-state index contributed by atoms with van der Waals surface area (Å²) in [6.07, 6.45) is 0. The van der Waals surface area contributed by atoms with E-state index in [9.17, 15) is 0 Å². The highest BCUT2D eigenvalue weighted by Crippen LogP contribution is 2.10. The summed E-state index contributed by atoms with van der Waals surface area (Å²) < 4.78 is 6.45. The monoisotopic (exact) mass is 210 g/mol. The van der Waals surface area contributed by atoms with E-state index in [2.05, 4.69) is 21.1 Å². The molecule has 0 aliphatic heterocycles. The molecule has 0 saturated heterocycles. The lowest BCUT2D eigenvalue weighted by atomic mass is 10.2. The molecule has 0 heterocycles. The summed E-state index contributed by atoms with van der Waals surface area (Å²) in [6, 6.07) is 7.11. The van der Waals surface area contributed by atoms with Crippen LogP contribution in [-0.4, -0.2) is 43.9 Å². The fourth-order valence-corrected chi connectivity index (χ4v) is 1.12. The van der Waals surface area contributed by atoms with Gasteiger partial charge in [-0.25, -0.2) is 0 Å². The fraction of sp³-hybridized carbons (Fsp3) is 0.500. The van der Waals surface area contributed by atoms with Gasteiger partial charge in [0.2, 0.25) is 0 Å². The summed E-state index contributed by atoms with van der Waals surface area (Å²) >= 11 is 0. The number of likely N-dealkylation sites (N-methyl/N-ethyl adjacent to an activating group) is 1. The van der Waals surface area contributed by atoms with Crippen LogP contribution >= 0.6 is 0 Å². The third-order valence-corrected chi connectivity index (χ3v) is 2.11. The number of hydrogen-bond donors (Lipinski definition) is 1. The molecule has 15 heavy (non-hydrogen) atoms. The number of aromatic hydroxyl groups is 1. The molecule has 1 aromatic rings. The summed E-state index contributed by atoms with van der Waals surface area (Å²) in [5.74, 6) is 0.296. The molecule has 3 nitrogen and oxygen atoms in total. The van der Waals surface area contributed by atoms with Crippen LogP contribution in [0.15, 0.2) is 24.3 Å². The van der Waals surface area contributed by atoms with Gasteiger partial charge in [-0.2, -0.15) is 0 Å². The number of quaternary nitrogens is 1. The molecule has 0 aliphatic rings. The van der Waals surface area contributed by atoms with E-state index in [1.54, 1.807) is 12.1 Å². The van der Waals surface area contributed by atoms with Crippen molar-refractivity contribution in [3.63, 3.8) is 0 Å². The first-order valence-corrected chi connectivity index (χ1v) is 5.13. The standard InChI is InChI=1S/C12H19NO2/c1-13(2,3)8-9-15-10-11-4-6-12(14)7-5-11/h4-7H,8-10H2,1-3H3/p+1. The van der Waals surface area contributed by atoms with E-state index in [4.69, 9.17) is 9.84 Å². The molecule has 0 aliphatic carbocycles. The predicted octanol–water partition coefficient (Wildman–Crippen LogP) is 1.61. The fourth-order valence-electron chi connectivity index (χ4n) is 1.12. The van der Waals surface area contributed by atoms with Gasteiger partial charge in [0.25, 0.3) is 0 Å². The summed E-state index contributed by atoms with van der Waals surface area (Å²) in [7, 11) is 6.43. The Morgan fingerprint density at radius 2 is 1.73 bits per heavy atom. The van der Waals surface area contributed by atoms with Crippen LogP contribution in [0.1, 0.15) is 5.56 Å². The van der Waals surface area contributed by atoms with Crippen molar-refractivity contribution in [3.8, 4) is 5.75 Å². The van der Waals surface area contributed by atoms with Crippen molar-refractivity contribution in [2.24, 2.45) is 0 Å². The minimum absolute atomic E-state index is 0.296. The van der Waals surface area contributed by atoms with E-state index in [0.29, 0.717) is 12.4 Å². The second-order valence-corrected chi connectivity index (χ2v) is 4.73. The molecular weight excluding hydrogens is 190 g/mol. The molecule has 0 saturated carbocycles. The first-order chi connectivity index (χ1) is 6.97. The molecule has 84 valence electrons. The lowest BCUT2D eigenvalue weighted by molar-refractivity contribution is -0.870. The molecule has 0 aromatic heterocycles. The summed E-state index contributed by atoms with van der Waals surface area (Å²) in [5, 5.41) is 9.09. The summed E-state index contributed by atoms with van der Waals surface area (Å²) in [4.78, 5) is 0. The second kappa shape index (κ2) is 5.14. The van der Waals surface area contributed by atoms with E-state index in [-0.39, 0.29) is 0 Å². The molecule has 0 fully saturated rings.